The van der Waals surface area contributed by atoms with Crippen LogP contribution in [0.25, 0.3) is 49.0 Å². The number of nitrogens with zero attached hydrogens (tertiary/aromatic N) is 2. The minimum atomic E-state index is 1.04. The first-order chi connectivity index (χ1) is 15.9. The van der Waals surface area contributed by atoms with Gasteiger partial charge in [-0.2, -0.15) is 0 Å². The number of rotatable bonds is 4. The van der Waals surface area contributed by atoms with Crippen molar-refractivity contribution in [3.8, 4) is 38.8 Å². The van der Waals surface area contributed by atoms with Gasteiger partial charge in [-0.15, -0.1) is 11.3 Å². The van der Waals surface area contributed by atoms with E-state index in [9.17, 15) is 0 Å². The van der Waals surface area contributed by atoms with Crippen molar-refractivity contribution in [3.05, 3.63) is 121 Å². The van der Waals surface area contributed by atoms with E-state index in [1.54, 1.807) is 11.3 Å². The third-order valence-electron chi connectivity index (χ3n) is 5.66. The molecule has 0 aliphatic carbocycles. The van der Waals surface area contributed by atoms with Gasteiger partial charge in [-0.05, 0) is 41.5 Å². The highest BCUT2D eigenvalue weighted by Gasteiger charge is 2.22. The zero-order valence-electron chi connectivity index (χ0n) is 17.3. The molecule has 0 atom stereocenters. The van der Waals surface area contributed by atoms with Gasteiger partial charge in [-0.3, -0.25) is 0 Å². The molecule has 3 heteroatoms. The number of benzene rings is 4. The SMILES string of the molecule is c1ccc(-c2cc(-c3nc4ccccc4s3)c(-c3ccccc3)n2-c2ccccc2)cc1. The van der Waals surface area contributed by atoms with Gasteiger partial charge in [0.1, 0.15) is 5.01 Å². The highest BCUT2D eigenvalue weighted by Crippen LogP contribution is 2.43. The summed E-state index contributed by atoms with van der Waals surface area (Å²) >= 11 is 1.75. The van der Waals surface area contributed by atoms with E-state index in [0.717, 1.165) is 33.2 Å². The number of para-hydroxylation sites is 2. The van der Waals surface area contributed by atoms with E-state index in [-0.39, 0.29) is 0 Å². The van der Waals surface area contributed by atoms with Crippen LogP contribution in [0.15, 0.2) is 121 Å². The fraction of sp³-hybridized carbons (Fsp3) is 0. The van der Waals surface area contributed by atoms with E-state index < -0.39 is 0 Å². The Bertz CT molecular complexity index is 1460. The predicted molar refractivity (Wildman–Crippen MR) is 135 cm³/mol. The normalized spacial score (nSPS) is 11.1. The molecule has 0 saturated carbocycles. The summed E-state index contributed by atoms with van der Waals surface area (Å²) in [5.41, 5.74) is 8.01. The van der Waals surface area contributed by atoms with E-state index in [1.807, 2.05) is 0 Å². The van der Waals surface area contributed by atoms with Crippen molar-refractivity contribution in [2.24, 2.45) is 0 Å². The molecule has 0 bridgehead atoms. The zero-order valence-corrected chi connectivity index (χ0v) is 18.2. The third-order valence-corrected chi connectivity index (χ3v) is 6.73. The van der Waals surface area contributed by atoms with E-state index >= 15 is 0 Å². The van der Waals surface area contributed by atoms with Crippen LogP contribution in [0.3, 0.4) is 0 Å². The molecule has 0 amide bonds. The average molecular weight is 429 g/mol. The van der Waals surface area contributed by atoms with Gasteiger partial charge in [0.05, 0.1) is 21.6 Å². The first-order valence-electron chi connectivity index (χ1n) is 10.7. The molecule has 0 fully saturated rings. The molecule has 0 saturated heterocycles. The Kier molecular flexibility index (Phi) is 4.67. The second kappa shape index (κ2) is 7.95. The molecule has 6 rings (SSSR count). The lowest BCUT2D eigenvalue weighted by molar-refractivity contribution is 1.09. The first-order valence-corrected chi connectivity index (χ1v) is 11.5. The van der Waals surface area contributed by atoms with Crippen LogP contribution in [0.1, 0.15) is 0 Å². The summed E-state index contributed by atoms with van der Waals surface area (Å²) in [7, 11) is 0. The standard InChI is InChI=1S/C29H20N2S/c1-4-12-21(13-5-1)26-20-24(29-30-25-18-10-11-19-27(25)32-29)28(22-14-6-2-7-15-22)31(26)23-16-8-3-9-17-23/h1-20H. The molecule has 152 valence electrons. The molecule has 2 heterocycles. The van der Waals surface area contributed by atoms with Crippen molar-refractivity contribution in [1.29, 1.82) is 0 Å². The molecule has 0 aliphatic rings. The quantitative estimate of drug-likeness (QED) is 0.277. The molecule has 0 aliphatic heterocycles. The maximum Gasteiger partial charge on any atom is 0.126 e. The van der Waals surface area contributed by atoms with Crippen LogP contribution in [0.4, 0.5) is 0 Å². The van der Waals surface area contributed by atoms with Gasteiger partial charge in [0.2, 0.25) is 0 Å². The van der Waals surface area contributed by atoms with Gasteiger partial charge < -0.3 is 4.57 Å². The molecular formula is C29H20N2S. The molecule has 2 nitrogen and oxygen atoms in total. The first kappa shape index (κ1) is 18.8. The molecule has 6 aromatic rings. The molecule has 0 radical (unpaired) electrons. The number of hydrogen-bond donors (Lipinski definition) is 0. The highest BCUT2D eigenvalue weighted by molar-refractivity contribution is 7.21. The van der Waals surface area contributed by atoms with Gasteiger partial charge in [0.25, 0.3) is 0 Å². The summed E-state index contributed by atoms with van der Waals surface area (Å²) < 4.78 is 3.57. The van der Waals surface area contributed by atoms with Gasteiger partial charge in [-0.25, -0.2) is 4.98 Å². The molecule has 2 aromatic heterocycles. The molecule has 4 aromatic carbocycles. The smallest absolute Gasteiger partial charge is 0.126 e. The summed E-state index contributed by atoms with van der Waals surface area (Å²) in [6.07, 6.45) is 0. The largest absolute Gasteiger partial charge is 0.309 e. The van der Waals surface area contributed by atoms with Gasteiger partial charge in [0, 0.05) is 11.3 Å². The van der Waals surface area contributed by atoms with E-state index in [2.05, 4.69) is 126 Å². The zero-order chi connectivity index (χ0) is 21.3. The lowest BCUT2D eigenvalue weighted by atomic mass is 10.1. The minimum absolute atomic E-state index is 1.04. The van der Waals surface area contributed by atoms with E-state index in [1.165, 1.54) is 15.8 Å². The second-order valence-corrected chi connectivity index (χ2v) is 8.71. The maximum atomic E-state index is 5.02. The Morgan fingerprint density at radius 3 is 1.88 bits per heavy atom. The molecule has 0 N–H and O–H groups in total. The summed E-state index contributed by atoms with van der Waals surface area (Å²) in [4.78, 5) is 5.02. The number of fused-ring (bicyclic) bond motifs is 1. The Morgan fingerprint density at radius 2 is 1.19 bits per heavy atom. The lowest BCUT2D eigenvalue weighted by Crippen LogP contribution is -1.99. The third kappa shape index (κ3) is 3.24. The summed E-state index contributed by atoms with van der Waals surface area (Å²) in [6, 6.07) is 42.5. The van der Waals surface area contributed by atoms with Crippen LogP contribution in [-0.4, -0.2) is 9.55 Å². The summed E-state index contributed by atoms with van der Waals surface area (Å²) in [5.74, 6) is 0. The van der Waals surface area contributed by atoms with Gasteiger partial charge >= 0.3 is 0 Å². The second-order valence-electron chi connectivity index (χ2n) is 7.68. The van der Waals surface area contributed by atoms with Crippen LogP contribution in [-0.2, 0) is 0 Å². The van der Waals surface area contributed by atoms with Gasteiger partial charge in [-0.1, -0.05) is 91.0 Å². The van der Waals surface area contributed by atoms with E-state index in [0.29, 0.717) is 0 Å². The average Bonchev–Trinajstić information content (AvgIpc) is 3.48. The predicted octanol–water partition coefficient (Wildman–Crippen LogP) is 8.09. The Labute approximate surface area is 191 Å². The number of hydrogen-bond acceptors (Lipinski definition) is 2. The Hall–Kier alpha value is -3.95. The van der Waals surface area contributed by atoms with Gasteiger partial charge in [0.15, 0.2) is 0 Å². The van der Waals surface area contributed by atoms with E-state index in [4.69, 9.17) is 4.98 Å². The molecule has 0 spiro atoms. The highest BCUT2D eigenvalue weighted by atomic mass is 32.1. The van der Waals surface area contributed by atoms with Crippen molar-refractivity contribution in [2.45, 2.75) is 0 Å². The fourth-order valence-electron chi connectivity index (χ4n) is 4.21. The Morgan fingerprint density at radius 1 is 0.594 bits per heavy atom. The molecule has 32 heavy (non-hydrogen) atoms. The Balaban J connectivity index is 1.72. The van der Waals surface area contributed by atoms with Crippen molar-refractivity contribution in [1.82, 2.24) is 9.55 Å². The molecule has 0 unspecified atom stereocenters. The maximum absolute atomic E-state index is 5.02. The molecular weight excluding hydrogens is 408 g/mol. The number of aromatic nitrogens is 2. The fourth-order valence-corrected chi connectivity index (χ4v) is 5.19. The topological polar surface area (TPSA) is 17.8 Å². The van der Waals surface area contributed by atoms with Crippen molar-refractivity contribution < 1.29 is 0 Å². The monoisotopic (exact) mass is 428 g/mol. The minimum Gasteiger partial charge on any atom is -0.309 e. The van der Waals surface area contributed by atoms with Crippen LogP contribution in [0.5, 0.6) is 0 Å². The summed E-state index contributed by atoms with van der Waals surface area (Å²) in [5, 5.41) is 1.04. The van der Waals surface area contributed by atoms with Crippen LogP contribution in [0.2, 0.25) is 0 Å². The van der Waals surface area contributed by atoms with Crippen LogP contribution < -0.4 is 0 Å². The van der Waals surface area contributed by atoms with Crippen molar-refractivity contribution >= 4 is 21.6 Å². The van der Waals surface area contributed by atoms with Crippen molar-refractivity contribution in [2.75, 3.05) is 0 Å². The number of thiazole rings is 1. The van der Waals surface area contributed by atoms with Crippen LogP contribution in [0, 0.1) is 0 Å². The van der Waals surface area contributed by atoms with Crippen molar-refractivity contribution in [3.63, 3.8) is 0 Å². The lowest BCUT2D eigenvalue weighted by Gasteiger charge is -2.15. The van der Waals surface area contributed by atoms with Crippen LogP contribution >= 0.6 is 11.3 Å². The summed E-state index contributed by atoms with van der Waals surface area (Å²) in [6.45, 7) is 0.